The fourth-order valence-electron chi connectivity index (χ4n) is 3.76. The van der Waals surface area contributed by atoms with Crippen molar-refractivity contribution in [1.29, 1.82) is 0 Å². The van der Waals surface area contributed by atoms with Crippen molar-refractivity contribution in [2.24, 2.45) is 0 Å². The first-order valence-corrected chi connectivity index (χ1v) is 12.2. The third kappa shape index (κ3) is 5.31. The first-order valence-electron chi connectivity index (χ1n) is 10.5. The molecule has 0 unspecified atom stereocenters. The topological polar surface area (TPSA) is 96.7 Å². The number of benzene rings is 2. The highest BCUT2D eigenvalue weighted by molar-refractivity contribution is 7.90. The fourth-order valence-corrected chi connectivity index (χ4v) is 5.03. The molecule has 1 aliphatic rings. The lowest BCUT2D eigenvalue weighted by Crippen LogP contribution is -2.46. The molecule has 1 fully saturated rings. The van der Waals surface area contributed by atoms with Crippen LogP contribution in [0.3, 0.4) is 0 Å². The van der Waals surface area contributed by atoms with Crippen molar-refractivity contribution >= 4 is 21.7 Å². The fraction of sp³-hybridized carbons (Fsp3) is 0.250. The number of carbonyl (C=O) groups is 2. The number of nitrogens with one attached hydrogen (secondary N) is 1. The molecule has 1 aliphatic heterocycles. The third-order valence-electron chi connectivity index (χ3n) is 5.54. The molecule has 7 nitrogen and oxygen atoms in total. The number of furan rings is 1. The Morgan fingerprint density at radius 3 is 2.33 bits per heavy atom. The van der Waals surface area contributed by atoms with E-state index in [1.807, 2.05) is 0 Å². The van der Waals surface area contributed by atoms with Crippen molar-refractivity contribution in [3.05, 3.63) is 89.6 Å². The van der Waals surface area contributed by atoms with Crippen LogP contribution >= 0.6 is 0 Å². The molecule has 2 amide bonds. The molecule has 33 heavy (non-hydrogen) atoms. The number of rotatable bonds is 6. The summed E-state index contributed by atoms with van der Waals surface area (Å²) in [5, 5.41) is 2.86. The van der Waals surface area contributed by atoms with Gasteiger partial charge in [-0.2, -0.15) is 0 Å². The van der Waals surface area contributed by atoms with E-state index < -0.39 is 21.6 Å². The number of halogens is 1. The van der Waals surface area contributed by atoms with Crippen molar-refractivity contribution in [2.75, 3.05) is 13.1 Å². The maximum absolute atomic E-state index is 13.9. The normalized spacial score (nSPS) is 14.8. The average Bonchev–Trinajstić information content (AvgIpc) is 3.28. The summed E-state index contributed by atoms with van der Waals surface area (Å²) in [4.78, 5) is 26.8. The molecule has 0 aliphatic carbocycles. The number of hydrogen-bond acceptors (Lipinski definition) is 5. The monoisotopic (exact) mass is 470 g/mol. The van der Waals surface area contributed by atoms with Crippen LogP contribution in [0.4, 0.5) is 4.39 Å². The summed E-state index contributed by atoms with van der Waals surface area (Å²) in [6, 6.07) is 16.6. The second-order valence-electron chi connectivity index (χ2n) is 7.86. The molecule has 0 radical (unpaired) electrons. The molecule has 9 heteroatoms. The predicted octanol–water partition coefficient (Wildman–Crippen LogP) is 3.43. The summed E-state index contributed by atoms with van der Waals surface area (Å²) in [6.45, 7) is 0.772. The maximum Gasteiger partial charge on any atom is 0.287 e. The van der Waals surface area contributed by atoms with Crippen molar-refractivity contribution in [3.8, 4) is 0 Å². The maximum atomic E-state index is 13.9. The van der Waals surface area contributed by atoms with Crippen LogP contribution in [0.2, 0.25) is 0 Å². The molecule has 1 N–H and O–H groups in total. The summed E-state index contributed by atoms with van der Waals surface area (Å²) >= 11 is 0. The highest BCUT2D eigenvalue weighted by Crippen LogP contribution is 2.19. The number of nitrogens with zero attached hydrogens (tertiary/aromatic N) is 1. The molecule has 2 heterocycles. The van der Waals surface area contributed by atoms with Crippen molar-refractivity contribution < 1.29 is 26.8 Å². The largest absolute Gasteiger partial charge is 0.455 e. The molecule has 2 aromatic carbocycles. The summed E-state index contributed by atoms with van der Waals surface area (Å²) < 4.78 is 44.3. The molecule has 1 aromatic heterocycles. The Kier molecular flexibility index (Phi) is 6.60. The molecule has 1 saturated heterocycles. The SMILES string of the molecule is O=C(NC1CCN(C(=O)c2ccccc2F)CC1)c1ccc(CS(=O)(=O)c2ccccc2)o1. The van der Waals surface area contributed by atoms with Gasteiger partial charge < -0.3 is 14.6 Å². The molecule has 0 saturated carbocycles. The van der Waals surface area contributed by atoms with E-state index in [2.05, 4.69) is 5.32 Å². The Morgan fingerprint density at radius 2 is 1.64 bits per heavy atom. The van der Waals surface area contributed by atoms with Gasteiger partial charge in [-0.1, -0.05) is 30.3 Å². The number of sulfone groups is 1. The van der Waals surface area contributed by atoms with Gasteiger partial charge in [-0.05, 0) is 49.2 Å². The molecule has 4 rings (SSSR count). The smallest absolute Gasteiger partial charge is 0.287 e. The minimum Gasteiger partial charge on any atom is -0.455 e. The van der Waals surface area contributed by atoms with Gasteiger partial charge in [-0.15, -0.1) is 0 Å². The molecule has 3 aromatic rings. The molecule has 0 spiro atoms. The third-order valence-corrected chi connectivity index (χ3v) is 7.20. The second kappa shape index (κ2) is 9.58. The number of carbonyl (C=O) groups excluding carboxylic acids is 2. The minimum atomic E-state index is -3.58. The van der Waals surface area contributed by atoms with Gasteiger partial charge in [0, 0.05) is 19.1 Å². The van der Waals surface area contributed by atoms with Gasteiger partial charge in [0.15, 0.2) is 15.6 Å². The van der Waals surface area contributed by atoms with Crippen LogP contribution in [0.15, 0.2) is 76.0 Å². The van der Waals surface area contributed by atoms with E-state index in [0.29, 0.717) is 25.9 Å². The van der Waals surface area contributed by atoms with Crippen molar-refractivity contribution in [1.82, 2.24) is 10.2 Å². The van der Waals surface area contributed by atoms with E-state index in [1.165, 1.54) is 42.5 Å². The van der Waals surface area contributed by atoms with E-state index >= 15 is 0 Å². The van der Waals surface area contributed by atoms with E-state index in [0.717, 1.165) is 0 Å². The van der Waals surface area contributed by atoms with Crippen molar-refractivity contribution in [3.63, 3.8) is 0 Å². The molecule has 0 atom stereocenters. The zero-order valence-electron chi connectivity index (χ0n) is 17.7. The first kappa shape index (κ1) is 22.7. The van der Waals surface area contributed by atoms with Crippen LogP contribution in [0.5, 0.6) is 0 Å². The van der Waals surface area contributed by atoms with Crippen LogP contribution in [-0.4, -0.2) is 44.3 Å². The predicted molar refractivity (Wildman–Crippen MR) is 119 cm³/mol. The lowest BCUT2D eigenvalue weighted by Gasteiger charge is -2.32. The molecule has 0 bridgehead atoms. The molecular weight excluding hydrogens is 447 g/mol. The van der Waals surface area contributed by atoms with Crippen molar-refractivity contribution in [2.45, 2.75) is 29.5 Å². The van der Waals surface area contributed by atoms with Crippen LogP contribution in [0, 0.1) is 5.82 Å². The lowest BCUT2D eigenvalue weighted by molar-refractivity contribution is 0.0691. The van der Waals surface area contributed by atoms with Crippen LogP contribution in [0.25, 0.3) is 0 Å². The summed E-state index contributed by atoms with van der Waals surface area (Å²) in [5.74, 6) is -1.51. The number of piperidine rings is 1. The highest BCUT2D eigenvalue weighted by Gasteiger charge is 2.27. The Balaban J connectivity index is 1.31. The quantitative estimate of drug-likeness (QED) is 0.596. The second-order valence-corrected chi connectivity index (χ2v) is 9.85. The van der Waals surface area contributed by atoms with E-state index in [4.69, 9.17) is 4.42 Å². The highest BCUT2D eigenvalue weighted by atomic mass is 32.2. The Morgan fingerprint density at radius 1 is 0.970 bits per heavy atom. The van der Waals surface area contributed by atoms with E-state index in [-0.39, 0.29) is 39.7 Å². The lowest BCUT2D eigenvalue weighted by atomic mass is 10.0. The average molecular weight is 471 g/mol. The van der Waals surface area contributed by atoms with Gasteiger partial charge in [0.2, 0.25) is 0 Å². The van der Waals surface area contributed by atoms with Gasteiger partial charge in [0.25, 0.3) is 11.8 Å². The Hall–Kier alpha value is -3.46. The zero-order chi connectivity index (χ0) is 23.4. The van der Waals surface area contributed by atoms with Crippen LogP contribution in [-0.2, 0) is 15.6 Å². The summed E-state index contributed by atoms with van der Waals surface area (Å²) in [6.07, 6.45) is 1.03. The van der Waals surface area contributed by atoms with Crippen LogP contribution in [0.1, 0.15) is 39.5 Å². The van der Waals surface area contributed by atoms with E-state index in [9.17, 15) is 22.4 Å². The van der Waals surface area contributed by atoms with Gasteiger partial charge in [-0.3, -0.25) is 9.59 Å². The molecule has 172 valence electrons. The number of amides is 2. The van der Waals surface area contributed by atoms with Gasteiger partial charge >= 0.3 is 0 Å². The molecular formula is C24H23FN2O5S. The number of hydrogen-bond donors (Lipinski definition) is 1. The Labute approximate surface area is 191 Å². The van der Waals surface area contributed by atoms with E-state index in [1.54, 1.807) is 29.2 Å². The standard InChI is InChI=1S/C24H23FN2O5S/c25-21-9-5-4-8-20(21)24(29)27-14-12-17(13-15-27)26-23(28)22-11-10-18(32-22)16-33(30,31)19-6-2-1-3-7-19/h1-11,17H,12-16H2,(H,26,28). The van der Waals surface area contributed by atoms with Crippen LogP contribution < -0.4 is 5.32 Å². The van der Waals surface area contributed by atoms with Gasteiger partial charge in [0.1, 0.15) is 17.3 Å². The minimum absolute atomic E-state index is 0.0260. The Bertz CT molecular complexity index is 1250. The zero-order valence-corrected chi connectivity index (χ0v) is 18.6. The summed E-state index contributed by atoms with van der Waals surface area (Å²) in [5.41, 5.74) is 0.0357. The first-order chi connectivity index (χ1) is 15.8. The van der Waals surface area contributed by atoms with Gasteiger partial charge in [-0.25, -0.2) is 12.8 Å². The summed E-state index contributed by atoms with van der Waals surface area (Å²) in [7, 11) is -3.58. The number of likely N-dealkylation sites (tertiary alicyclic amines) is 1. The van der Waals surface area contributed by atoms with Gasteiger partial charge in [0.05, 0.1) is 10.5 Å².